The molecule has 3 aromatic rings. The van der Waals surface area contributed by atoms with Crippen LogP contribution in [-0.2, 0) is 6.54 Å². The number of anilines is 1. The Balaban J connectivity index is 1.71. The van der Waals surface area contributed by atoms with Crippen LogP contribution in [0.3, 0.4) is 0 Å². The molecule has 0 atom stereocenters. The SMILES string of the molecule is Nc1c(C(=O)CNCc2ccccc2)ccc2ccccc12. The minimum Gasteiger partial charge on any atom is -0.398 e. The molecule has 0 aliphatic rings. The topological polar surface area (TPSA) is 55.1 Å². The van der Waals surface area contributed by atoms with E-state index in [9.17, 15) is 4.79 Å². The van der Waals surface area contributed by atoms with E-state index in [1.54, 1.807) is 0 Å². The van der Waals surface area contributed by atoms with Gasteiger partial charge in [-0.2, -0.15) is 0 Å². The number of hydrogen-bond acceptors (Lipinski definition) is 3. The smallest absolute Gasteiger partial charge is 0.178 e. The highest BCUT2D eigenvalue weighted by Crippen LogP contribution is 2.24. The van der Waals surface area contributed by atoms with Crippen LogP contribution in [0.5, 0.6) is 0 Å². The van der Waals surface area contributed by atoms with Crippen molar-refractivity contribution in [2.45, 2.75) is 6.54 Å². The summed E-state index contributed by atoms with van der Waals surface area (Å²) in [5.74, 6) is 0.0131. The van der Waals surface area contributed by atoms with Crippen LogP contribution in [0.25, 0.3) is 10.8 Å². The Bertz CT molecular complexity index is 797. The van der Waals surface area contributed by atoms with Crippen molar-refractivity contribution < 1.29 is 4.79 Å². The number of nitrogens with one attached hydrogen (secondary N) is 1. The summed E-state index contributed by atoms with van der Waals surface area (Å²) in [5.41, 5.74) is 8.45. The summed E-state index contributed by atoms with van der Waals surface area (Å²) in [7, 11) is 0. The number of benzene rings is 3. The zero-order chi connectivity index (χ0) is 15.4. The molecule has 0 aliphatic carbocycles. The number of Topliss-reactive ketones (excluding diaryl/α,β-unsaturated/α-hetero) is 1. The molecule has 0 radical (unpaired) electrons. The van der Waals surface area contributed by atoms with Crippen molar-refractivity contribution in [2.24, 2.45) is 0 Å². The lowest BCUT2D eigenvalue weighted by atomic mass is 10.0. The van der Waals surface area contributed by atoms with Crippen LogP contribution in [0.4, 0.5) is 5.69 Å². The average Bonchev–Trinajstić information content (AvgIpc) is 2.56. The van der Waals surface area contributed by atoms with Crippen molar-refractivity contribution in [3.05, 3.63) is 77.9 Å². The second kappa shape index (κ2) is 6.41. The lowest BCUT2D eigenvalue weighted by molar-refractivity contribution is 0.0992. The third kappa shape index (κ3) is 3.00. The van der Waals surface area contributed by atoms with Crippen molar-refractivity contribution in [1.82, 2.24) is 5.32 Å². The van der Waals surface area contributed by atoms with Gasteiger partial charge in [-0.05, 0) is 17.0 Å². The molecule has 0 unspecified atom stereocenters. The van der Waals surface area contributed by atoms with Gasteiger partial charge in [-0.25, -0.2) is 0 Å². The Morgan fingerprint density at radius 1 is 0.909 bits per heavy atom. The van der Waals surface area contributed by atoms with Gasteiger partial charge in [-0.1, -0.05) is 60.7 Å². The highest BCUT2D eigenvalue weighted by molar-refractivity contribution is 6.09. The van der Waals surface area contributed by atoms with Gasteiger partial charge < -0.3 is 11.1 Å². The molecule has 3 rings (SSSR count). The molecule has 0 aromatic heterocycles. The Kier molecular flexibility index (Phi) is 4.17. The molecule has 110 valence electrons. The van der Waals surface area contributed by atoms with Gasteiger partial charge in [0.25, 0.3) is 0 Å². The van der Waals surface area contributed by atoms with E-state index in [4.69, 9.17) is 5.73 Å². The first-order chi connectivity index (χ1) is 10.8. The maximum absolute atomic E-state index is 12.4. The lowest BCUT2D eigenvalue weighted by Gasteiger charge is -2.09. The van der Waals surface area contributed by atoms with E-state index in [1.165, 1.54) is 0 Å². The van der Waals surface area contributed by atoms with Gasteiger partial charge in [0.15, 0.2) is 5.78 Å². The monoisotopic (exact) mass is 290 g/mol. The van der Waals surface area contributed by atoms with Crippen molar-refractivity contribution in [1.29, 1.82) is 0 Å². The summed E-state index contributed by atoms with van der Waals surface area (Å²) >= 11 is 0. The Hall–Kier alpha value is -2.65. The molecule has 22 heavy (non-hydrogen) atoms. The Morgan fingerprint density at radius 2 is 1.64 bits per heavy atom. The van der Waals surface area contributed by atoms with E-state index in [2.05, 4.69) is 5.32 Å². The molecular formula is C19H18N2O. The minimum atomic E-state index is 0.0131. The highest BCUT2D eigenvalue weighted by Gasteiger charge is 2.11. The van der Waals surface area contributed by atoms with Crippen LogP contribution in [-0.4, -0.2) is 12.3 Å². The molecule has 0 heterocycles. The van der Waals surface area contributed by atoms with Gasteiger partial charge in [-0.15, -0.1) is 0 Å². The number of nitrogens with two attached hydrogens (primary N) is 1. The Morgan fingerprint density at radius 3 is 2.45 bits per heavy atom. The summed E-state index contributed by atoms with van der Waals surface area (Å²) in [6.07, 6.45) is 0. The molecule has 0 aliphatic heterocycles. The van der Waals surface area contributed by atoms with E-state index < -0.39 is 0 Å². The molecule has 0 spiro atoms. The molecule has 0 amide bonds. The van der Waals surface area contributed by atoms with E-state index in [-0.39, 0.29) is 12.3 Å². The van der Waals surface area contributed by atoms with Gasteiger partial charge in [0, 0.05) is 17.5 Å². The van der Waals surface area contributed by atoms with Gasteiger partial charge in [0.05, 0.1) is 12.2 Å². The quantitative estimate of drug-likeness (QED) is 0.559. The number of ketones is 1. The number of carbonyl (C=O) groups excluding carboxylic acids is 1. The standard InChI is InChI=1S/C19H18N2O/c20-19-16-9-5-4-8-15(16)10-11-17(19)18(22)13-21-12-14-6-2-1-3-7-14/h1-11,21H,12-13,20H2. The first-order valence-corrected chi connectivity index (χ1v) is 7.31. The summed E-state index contributed by atoms with van der Waals surface area (Å²) in [5, 5.41) is 5.15. The molecular weight excluding hydrogens is 272 g/mol. The third-order valence-electron chi connectivity index (χ3n) is 3.73. The summed E-state index contributed by atoms with van der Waals surface area (Å²) in [4.78, 5) is 12.4. The predicted octanol–water partition coefficient (Wildman–Crippen LogP) is 3.39. The fraction of sp³-hybridized carbons (Fsp3) is 0.105. The molecule has 3 heteroatoms. The fourth-order valence-corrected chi connectivity index (χ4v) is 2.55. The van der Waals surface area contributed by atoms with E-state index in [0.29, 0.717) is 17.8 Å². The first-order valence-electron chi connectivity index (χ1n) is 7.31. The molecule has 3 nitrogen and oxygen atoms in total. The van der Waals surface area contributed by atoms with Crippen LogP contribution >= 0.6 is 0 Å². The van der Waals surface area contributed by atoms with Gasteiger partial charge >= 0.3 is 0 Å². The summed E-state index contributed by atoms with van der Waals surface area (Å²) in [6, 6.07) is 21.6. The number of fused-ring (bicyclic) bond motifs is 1. The van der Waals surface area contributed by atoms with Crippen LogP contribution in [0, 0.1) is 0 Å². The zero-order valence-corrected chi connectivity index (χ0v) is 12.3. The van der Waals surface area contributed by atoms with Crippen molar-refractivity contribution >= 4 is 22.2 Å². The second-order valence-corrected chi connectivity index (χ2v) is 5.26. The van der Waals surface area contributed by atoms with Gasteiger partial charge in [0.1, 0.15) is 0 Å². The highest BCUT2D eigenvalue weighted by atomic mass is 16.1. The van der Waals surface area contributed by atoms with E-state index in [1.807, 2.05) is 66.7 Å². The normalized spacial score (nSPS) is 10.7. The van der Waals surface area contributed by atoms with Crippen molar-refractivity contribution in [3.63, 3.8) is 0 Å². The average molecular weight is 290 g/mol. The minimum absolute atomic E-state index is 0.0131. The summed E-state index contributed by atoms with van der Waals surface area (Å²) < 4.78 is 0. The number of carbonyl (C=O) groups is 1. The molecule has 0 saturated heterocycles. The number of nitrogen functional groups attached to an aromatic ring is 1. The first kappa shape index (κ1) is 14.3. The van der Waals surface area contributed by atoms with E-state index in [0.717, 1.165) is 16.3 Å². The number of hydrogen-bond donors (Lipinski definition) is 2. The lowest BCUT2D eigenvalue weighted by Crippen LogP contribution is -2.23. The molecule has 3 aromatic carbocycles. The Labute approximate surface area is 129 Å². The maximum Gasteiger partial charge on any atom is 0.178 e. The van der Waals surface area contributed by atoms with Gasteiger partial charge in [0.2, 0.25) is 0 Å². The second-order valence-electron chi connectivity index (χ2n) is 5.26. The van der Waals surface area contributed by atoms with Crippen LogP contribution in [0.15, 0.2) is 66.7 Å². The van der Waals surface area contributed by atoms with Crippen LogP contribution in [0.1, 0.15) is 15.9 Å². The zero-order valence-electron chi connectivity index (χ0n) is 12.3. The van der Waals surface area contributed by atoms with E-state index >= 15 is 0 Å². The third-order valence-corrected chi connectivity index (χ3v) is 3.73. The molecule has 0 bridgehead atoms. The molecule has 3 N–H and O–H groups in total. The van der Waals surface area contributed by atoms with Crippen molar-refractivity contribution in [2.75, 3.05) is 12.3 Å². The van der Waals surface area contributed by atoms with Crippen molar-refractivity contribution in [3.8, 4) is 0 Å². The largest absolute Gasteiger partial charge is 0.398 e. The van der Waals surface area contributed by atoms with Crippen LogP contribution in [0.2, 0.25) is 0 Å². The molecule has 0 saturated carbocycles. The maximum atomic E-state index is 12.4. The summed E-state index contributed by atoms with van der Waals surface area (Å²) in [6.45, 7) is 0.942. The number of rotatable bonds is 5. The molecule has 0 fully saturated rings. The predicted molar refractivity (Wildman–Crippen MR) is 90.8 cm³/mol. The van der Waals surface area contributed by atoms with Gasteiger partial charge in [-0.3, -0.25) is 4.79 Å². The van der Waals surface area contributed by atoms with Crippen LogP contribution < -0.4 is 11.1 Å². The fourth-order valence-electron chi connectivity index (χ4n) is 2.55.